The van der Waals surface area contributed by atoms with Crippen LogP contribution in [0.2, 0.25) is 0 Å². The number of halogens is 2. The molecule has 0 aliphatic carbocycles. The van der Waals surface area contributed by atoms with Gasteiger partial charge in [-0.15, -0.1) is 12.4 Å². The minimum absolute atomic E-state index is 0. The normalized spacial score (nSPS) is 25.4. The van der Waals surface area contributed by atoms with Gasteiger partial charge in [0.05, 0.1) is 13.2 Å². The van der Waals surface area contributed by atoms with Crippen LogP contribution in [0.4, 0.5) is 5.69 Å². The van der Waals surface area contributed by atoms with Crippen LogP contribution in [0.3, 0.4) is 0 Å². The van der Waals surface area contributed by atoms with Crippen molar-refractivity contribution in [1.29, 1.82) is 0 Å². The molecule has 1 aromatic carbocycles. The van der Waals surface area contributed by atoms with Crippen molar-refractivity contribution in [3.8, 4) is 0 Å². The summed E-state index contributed by atoms with van der Waals surface area (Å²) in [6, 6.07) is 7.29. The largest absolute Gasteiger partial charge is 0.378 e. The Kier molecular flexibility index (Phi) is 7.17. The van der Waals surface area contributed by atoms with Crippen molar-refractivity contribution in [2.24, 2.45) is 11.7 Å². The molecule has 0 spiro atoms. The van der Waals surface area contributed by atoms with Gasteiger partial charge in [0.25, 0.3) is 0 Å². The molecule has 2 aliphatic rings. The van der Waals surface area contributed by atoms with Gasteiger partial charge in [0.1, 0.15) is 0 Å². The average molecular weight is 405 g/mol. The third-order valence-corrected chi connectivity index (χ3v) is 5.39. The van der Waals surface area contributed by atoms with Crippen LogP contribution in [-0.2, 0) is 11.3 Å². The van der Waals surface area contributed by atoms with Gasteiger partial charge in [-0.3, -0.25) is 4.90 Å². The van der Waals surface area contributed by atoms with Gasteiger partial charge in [-0.2, -0.15) is 0 Å². The second-order valence-electron chi connectivity index (χ2n) is 6.49. The summed E-state index contributed by atoms with van der Waals surface area (Å²) in [4.78, 5) is 5.02. The second kappa shape index (κ2) is 8.67. The Balaban J connectivity index is 0.00000192. The summed E-state index contributed by atoms with van der Waals surface area (Å²) in [5.41, 5.74) is 8.62. The lowest BCUT2D eigenvalue weighted by Gasteiger charge is -2.32. The number of hydrogen-bond acceptors (Lipinski definition) is 4. The Labute approximate surface area is 153 Å². The molecule has 4 nitrogen and oxygen atoms in total. The van der Waals surface area contributed by atoms with Crippen molar-refractivity contribution in [2.75, 3.05) is 44.3 Å². The van der Waals surface area contributed by atoms with Crippen molar-refractivity contribution in [3.63, 3.8) is 0 Å². The van der Waals surface area contributed by atoms with E-state index in [1.54, 1.807) is 0 Å². The Morgan fingerprint density at radius 1 is 1.30 bits per heavy atom. The monoisotopic (exact) mass is 403 g/mol. The summed E-state index contributed by atoms with van der Waals surface area (Å²) in [6.45, 7) is 8.85. The van der Waals surface area contributed by atoms with E-state index in [2.05, 4.69) is 50.9 Å². The maximum Gasteiger partial charge on any atom is 0.0642 e. The summed E-state index contributed by atoms with van der Waals surface area (Å²) in [5, 5.41) is 0. The molecule has 0 aromatic heterocycles. The minimum Gasteiger partial charge on any atom is -0.378 e. The third-order valence-electron chi connectivity index (χ3n) is 4.90. The van der Waals surface area contributed by atoms with Crippen LogP contribution in [0.5, 0.6) is 0 Å². The van der Waals surface area contributed by atoms with Crippen molar-refractivity contribution in [2.45, 2.75) is 25.9 Å². The lowest BCUT2D eigenvalue weighted by Crippen LogP contribution is -2.37. The molecule has 2 saturated heterocycles. The van der Waals surface area contributed by atoms with E-state index in [4.69, 9.17) is 10.5 Å². The predicted molar refractivity (Wildman–Crippen MR) is 101 cm³/mol. The molecular formula is C17H27BrClN3O. The van der Waals surface area contributed by atoms with E-state index in [-0.39, 0.29) is 12.4 Å². The van der Waals surface area contributed by atoms with E-state index in [1.165, 1.54) is 17.7 Å². The fourth-order valence-electron chi connectivity index (χ4n) is 3.60. The first-order valence-corrected chi connectivity index (χ1v) is 9.02. The van der Waals surface area contributed by atoms with Gasteiger partial charge >= 0.3 is 0 Å². The van der Waals surface area contributed by atoms with Gasteiger partial charge < -0.3 is 15.4 Å². The SMILES string of the molecule is CC1CC(CN)CN1Cc1ccc(Br)cc1N1CCOCC1.Cl. The molecule has 2 N–H and O–H groups in total. The smallest absolute Gasteiger partial charge is 0.0642 e. The number of rotatable bonds is 4. The zero-order valence-electron chi connectivity index (χ0n) is 13.7. The van der Waals surface area contributed by atoms with Gasteiger partial charge in [0.2, 0.25) is 0 Å². The van der Waals surface area contributed by atoms with E-state index in [0.717, 1.165) is 50.4 Å². The van der Waals surface area contributed by atoms with Crippen LogP contribution < -0.4 is 10.6 Å². The van der Waals surface area contributed by atoms with E-state index >= 15 is 0 Å². The number of nitrogens with two attached hydrogens (primary N) is 1. The summed E-state index contributed by atoms with van der Waals surface area (Å²) < 4.78 is 6.64. The van der Waals surface area contributed by atoms with Gasteiger partial charge in [-0.05, 0) is 43.5 Å². The van der Waals surface area contributed by atoms with Gasteiger partial charge in [-0.1, -0.05) is 22.0 Å². The Hall–Kier alpha value is -0.330. The molecular weight excluding hydrogens is 378 g/mol. The molecule has 6 heteroatoms. The fraction of sp³-hybridized carbons (Fsp3) is 0.647. The van der Waals surface area contributed by atoms with Crippen molar-refractivity contribution in [1.82, 2.24) is 4.90 Å². The molecule has 0 radical (unpaired) electrons. The molecule has 0 saturated carbocycles. The lowest BCUT2D eigenvalue weighted by molar-refractivity contribution is 0.122. The Bertz CT molecular complexity index is 511. The molecule has 0 amide bonds. The van der Waals surface area contributed by atoms with Crippen LogP contribution in [0, 0.1) is 5.92 Å². The molecule has 2 fully saturated rings. The molecule has 3 rings (SSSR count). The quantitative estimate of drug-likeness (QED) is 0.838. The zero-order chi connectivity index (χ0) is 15.5. The number of benzene rings is 1. The van der Waals surface area contributed by atoms with E-state index in [1.807, 2.05) is 0 Å². The maximum absolute atomic E-state index is 5.86. The molecule has 1 aromatic rings. The molecule has 2 atom stereocenters. The van der Waals surface area contributed by atoms with Gasteiger partial charge in [0.15, 0.2) is 0 Å². The highest BCUT2D eigenvalue weighted by molar-refractivity contribution is 9.10. The molecule has 2 heterocycles. The lowest BCUT2D eigenvalue weighted by atomic mass is 10.1. The summed E-state index contributed by atoms with van der Waals surface area (Å²) in [5.74, 6) is 0.650. The highest BCUT2D eigenvalue weighted by atomic mass is 79.9. The summed E-state index contributed by atoms with van der Waals surface area (Å²) >= 11 is 3.62. The zero-order valence-corrected chi connectivity index (χ0v) is 16.1. The van der Waals surface area contributed by atoms with Crippen LogP contribution in [0.15, 0.2) is 22.7 Å². The Morgan fingerprint density at radius 3 is 2.70 bits per heavy atom. The summed E-state index contributed by atoms with van der Waals surface area (Å²) in [6.07, 6.45) is 1.22. The first kappa shape index (κ1) is 19.0. The van der Waals surface area contributed by atoms with Crippen molar-refractivity contribution < 1.29 is 4.74 Å². The minimum atomic E-state index is 0. The number of morpholine rings is 1. The second-order valence-corrected chi connectivity index (χ2v) is 7.40. The molecule has 0 bridgehead atoms. The highest BCUT2D eigenvalue weighted by Gasteiger charge is 2.28. The number of nitrogens with zero attached hydrogens (tertiary/aromatic N) is 2. The van der Waals surface area contributed by atoms with Crippen molar-refractivity contribution >= 4 is 34.0 Å². The van der Waals surface area contributed by atoms with Gasteiger partial charge in [-0.25, -0.2) is 0 Å². The Morgan fingerprint density at radius 2 is 2.04 bits per heavy atom. The standard InChI is InChI=1S/C17H26BrN3O.ClH/c1-13-8-14(10-19)11-21(13)12-15-2-3-16(18)9-17(15)20-4-6-22-7-5-20;/h2-3,9,13-14H,4-8,10-12,19H2,1H3;1H. The van der Waals surface area contributed by atoms with Crippen LogP contribution >= 0.6 is 28.3 Å². The third kappa shape index (κ3) is 4.60. The molecule has 130 valence electrons. The van der Waals surface area contributed by atoms with Crippen LogP contribution in [0.1, 0.15) is 18.9 Å². The van der Waals surface area contributed by atoms with Crippen molar-refractivity contribution in [3.05, 3.63) is 28.2 Å². The predicted octanol–water partition coefficient (Wildman–Crippen LogP) is 2.88. The molecule has 23 heavy (non-hydrogen) atoms. The van der Waals surface area contributed by atoms with E-state index in [9.17, 15) is 0 Å². The first-order valence-electron chi connectivity index (χ1n) is 8.22. The van der Waals surface area contributed by atoms with Gasteiger partial charge in [0, 0.05) is 42.4 Å². The maximum atomic E-state index is 5.86. The number of anilines is 1. The first-order chi connectivity index (χ1) is 10.7. The van der Waals surface area contributed by atoms with E-state index in [0.29, 0.717) is 12.0 Å². The topological polar surface area (TPSA) is 41.7 Å². The average Bonchev–Trinajstić information content (AvgIpc) is 2.90. The summed E-state index contributed by atoms with van der Waals surface area (Å²) in [7, 11) is 0. The van der Waals surface area contributed by atoms with Crippen LogP contribution in [-0.4, -0.2) is 50.3 Å². The van der Waals surface area contributed by atoms with E-state index < -0.39 is 0 Å². The highest BCUT2D eigenvalue weighted by Crippen LogP contribution is 2.30. The molecule has 2 aliphatic heterocycles. The number of hydrogen-bond donors (Lipinski definition) is 1. The van der Waals surface area contributed by atoms with Crippen LogP contribution in [0.25, 0.3) is 0 Å². The fourth-order valence-corrected chi connectivity index (χ4v) is 3.95. The molecule has 2 unspecified atom stereocenters. The number of likely N-dealkylation sites (tertiary alicyclic amines) is 1. The number of ether oxygens (including phenoxy) is 1.